The molecule has 0 radical (unpaired) electrons. The molecule has 6 heteroatoms. The highest BCUT2D eigenvalue weighted by atomic mass is 16.2. The number of anilines is 1. The van der Waals surface area contributed by atoms with Crippen molar-refractivity contribution in [1.82, 2.24) is 9.80 Å². The van der Waals surface area contributed by atoms with Crippen LogP contribution in [0, 0.1) is 0 Å². The van der Waals surface area contributed by atoms with E-state index in [4.69, 9.17) is 0 Å². The summed E-state index contributed by atoms with van der Waals surface area (Å²) in [6, 6.07) is 6.67. The fourth-order valence-electron chi connectivity index (χ4n) is 2.13. The SMILES string of the molecule is CN(C)C(=O)N1CCN(c2ccc(C=O)cc2)C(=O)C1. The molecular weight excluding hydrogens is 258 g/mol. The minimum atomic E-state index is -0.158. The third kappa shape index (κ3) is 2.79. The van der Waals surface area contributed by atoms with Crippen LogP contribution in [0.4, 0.5) is 10.5 Å². The molecule has 20 heavy (non-hydrogen) atoms. The summed E-state index contributed by atoms with van der Waals surface area (Å²) in [5, 5.41) is 0. The first-order valence-electron chi connectivity index (χ1n) is 6.35. The second kappa shape index (κ2) is 5.73. The topological polar surface area (TPSA) is 60.9 Å². The first-order valence-corrected chi connectivity index (χ1v) is 6.35. The number of benzene rings is 1. The van der Waals surface area contributed by atoms with Crippen LogP contribution in [0.25, 0.3) is 0 Å². The van der Waals surface area contributed by atoms with Crippen molar-refractivity contribution >= 4 is 23.9 Å². The maximum absolute atomic E-state index is 12.1. The number of hydrogen-bond donors (Lipinski definition) is 0. The molecule has 2 rings (SSSR count). The van der Waals surface area contributed by atoms with E-state index in [1.165, 1.54) is 9.80 Å². The maximum atomic E-state index is 12.1. The molecule has 1 aliphatic rings. The van der Waals surface area contributed by atoms with Crippen molar-refractivity contribution in [2.75, 3.05) is 38.6 Å². The fraction of sp³-hybridized carbons (Fsp3) is 0.357. The Balaban J connectivity index is 2.07. The molecular formula is C14H17N3O3. The monoisotopic (exact) mass is 275 g/mol. The normalized spacial score (nSPS) is 15.2. The van der Waals surface area contributed by atoms with Gasteiger partial charge in [0, 0.05) is 38.4 Å². The van der Waals surface area contributed by atoms with Crippen molar-refractivity contribution in [2.45, 2.75) is 0 Å². The number of carbonyl (C=O) groups is 3. The van der Waals surface area contributed by atoms with Crippen LogP contribution in [0.5, 0.6) is 0 Å². The van der Waals surface area contributed by atoms with Crippen LogP contribution in [0.3, 0.4) is 0 Å². The van der Waals surface area contributed by atoms with Crippen molar-refractivity contribution in [2.24, 2.45) is 0 Å². The van der Waals surface area contributed by atoms with E-state index >= 15 is 0 Å². The van der Waals surface area contributed by atoms with Gasteiger partial charge in [0.05, 0.1) is 0 Å². The minimum Gasteiger partial charge on any atom is -0.331 e. The average molecular weight is 275 g/mol. The second-order valence-corrected chi connectivity index (χ2v) is 4.85. The van der Waals surface area contributed by atoms with Crippen LogP contribution in [-0.2, 0) is 4.79 Å². The molecule has 3 amide bonds. The van der Waals surface area contributed by atoms with Crippen LogP contribution in [0.1, 0.15) is 10.4 Å². The number of urea groups is 1. The van der Waals surface area contributed by atoms with Gasteiger partial charge >= 0.3 is 6.03 Å². The van der Waals surface area contributed by atoms with Gasteiger partial charge in [-0.2, -0.15) is 0 Å². The molecule has 6 nitrogen and oxygen atoms in total. The molecule has 1 fully saturated rings. The van der Waals surface area contributed by atoms with Crippen LogP contribution < -0.4 is 4.90 Å². The fourth-order valence-corrected chi connectivity index (χ4v) is 2.13. The lowest BCUT2D eigenvalue weighted by molar-refractivity contribution is -0.120. The number of amides is 3. The number of hydrogen-bond acceptors (Lipinski definition) is 3. The Labute approximate surface area is 117 Å². The summed E-state index contributed by atoms with van der Waals surface area (Å²) in [5.74, 6) is -0.120. The molecule has 1 aliphatic heterocycles. The summed E-state index contributed by atoms with van der Waals surface area (Å²) in [6.45, 7) is 1.03. The molecule has 0 unspecified atom stereocenters. The minimum absolute atomic E-state index is 0.0758. The van der Waals surface area contributed by atoms with Crippen LogP contribution in [0.2, 0.25) is 0 Å². The van der Waals surface area contributed by atoms with Crippen molar-refractivity contribution < 1.29 is 14.4 Å². The van der Waals surface area contributed by atoms with Crippen LogP contribution >= 0.6 is 0 Å². The van der Waals surface area contributed by atoms with Gasteiger partial charge in [-0.25, -0.2) is 4.79 Å². The first kappa shape index (κ1) is 14.0. The lowest BCUT2D eigenvalue weighted by Gasteiger charge is -2.35. The van der Waals surface area contributed by atoms with Gasteiger partial charge in [0.25, 0.3) is 0 Å². The van der Waals surface area contributed by atoms with E-state index in [2.05, 4.69) is 0 Å². The first-order chi connectivity index (χ1) is 9.52. The van der Waals surface area contributed by atoms with Gasteiger partial charge in [-0.05, 0) is 24.3 Å². The third-order valence-electron chi connectivity index (χ3n) is 3.21. The summed E-state index contributed by atoms with van der Waals surface area (Å²) >= 11 is 0. The Morgan fingerprint density at radius 2 is 1.85 bits per heavy atom. The zero-order valence-electron chi connectivity index (χ0n) is 11.6. The number of piperazine rings is 1. The predicted molar refractivity (Wildman–Crippen MR) is 74.8 cm³/mol. The quantitative estimate of drug-likeness (QED) is 0.751. The van der Waals surface area contributed by atoms with E-state index in [1.807, 2.05) is 0 Å². The summed E-state index contributed by atoms with van der Waals surface area (Å²) < 4.78 is 0. The van der Waals surface area contributed by atoms with Crippen LogP contribution in [0.15, 0.2) is 24.3 Å². The Morgan fingerprint density at radius 1 is 1.20 bits per heavy atom. The molecule has 1 heterocycles. The van der Waals surface area contributed by atoms with Gasteiger partial charge in [0.2, 0.25) is 5.91 Å². The molecule has 1 saturated heterocycles. The van der Waals surface area contributed by atoms with E-state index in [1.54, 1.807) is 43.3 Å². The highest BCUT2D eigenvalue weighted by Gasteiger charge is 2.28. The molecule has 0 atom stereocenters. The smallest absolute Gasteiger partial charge is 0.320 e. The Kier molecular flexibility index (Phi) is 4.02. The maximum Gasteiger partial charge on any atom is 0.320 e. The molecule has 1 aromatic rings. The van der Waals surface area contributed by atoms with Gasteiger partial charge in [0.1, 0.15) is 12.8 Å². The predicted octanol–water partition coefficient (Wildman–Crippen LogP) is 0.829. The second-order valence-electron chi connectivity index (χ2n) is 4.85. The van der Waals surface area contributed by atoms with Gasteiger partial charge < -0.3 is 14.7 Å². The third-order valence-corrected chi connectivity index (χ3v) is 3.21. The largest absolute Gasteiger partial charge is 0.331 e. The van der Waals surface area contributed by atoms with Crippen molar-refractivity contribution in [3.63, 3.8) is 0 Å². The molecule has 0 aliphatic carbocycles. The lowest BCUT2D eigenvalue weighted by Crippen LogP contribution is -2.54. The summed E-state index contributed by atoms with van der Waals surface area (Å²) in [6.07, 6.45) is 0.763. The highest BCUT2D eigenvalue weighted by Crippen LogP contribution is 2.18. The lowest BCUT2D eigenvalue weighted by atomic mass is 10.2. The molecule has 0 saturated carbocycles. The van der Waals surface area contributed by atoms with E-state index < -0.39 is 0 Å². The van der Waals surface area contributed by atoms with E-state index in [0.29, 0.717) is 18.7 Å². The Morgan fingerprint density at radius 3 is 2.35 bits per heavy atom. The summed E-state index contributed by atoms with van der Waals surface area (Å²) in [7, 11) is 3.33. The van der Waals surface area contributed by atoms with E-state index in [0.717, 1.165) is 12.0 Å². The van der Waals surface area contributed by atoms with Gasteiger partial charge in [-0.1, -0.05) is 0 Å². The van der Waals surface area contributed by atoms with Crippen molar-refractivity contribution in [3.8, 4) is 0 Å². The molecule has 1 aromatic carbocycles. The Bertz CT molecular complexity index is 525. The summed E-state index contributed by atoms with van der Waals surface area (Å²) in [5.41, 5.74) is 1.32. The van der Waals surface area contributed by atoms with E-state index in [9.17, 15) is 14.4 Å². The van der Waals surface area contributed by atoms with Gasteiger partial charge in [-0.3, -0.25) is 9.59 Å². The van der Waals surface area contributed by atoms with Gasteiger partial charge in [-0.15, -0.1) is 0 Å². The van der Waals surface area contributed by atoms with Crippen LogP contribution in [-0.4, -0.2) is 61.8 Å². The molecule has 0 spiro atoms. The average Bonchev–Trinajstić information content (AvgIpc) is 2.46. The molecule has 106 valence electrons. The number of aldehydes is 1. The molecule has 0 aromatic heterocycles. The number of carbonyl (C=O) groups excluding carboxylic acids is 3. The van der Waals surface area contributed by atoms with Crippen molar-refractivity contribution in [3.05, 3.63) is 29.8 Å². The highest BCUT2D eigenvalue weighted by molar-refractivity contribution is 5.97. The number of nitrogens with zero attached hydrogens (tertiary/aromatic N) is 3. The van der Waals surface area contributed by atoms with Gasteiger partial charge in [0.15, 0.2) is 0 Å². The van der Waals surface area contributed by atoms with E-state index in [-0.39, 0.29) is 18.5 Å². The Hall–Kier alpha value is -2.37. The zero-order valence-corrected chi connectivity index (χ0v) is 11.6. The zero-order chi connectivity index (χ0) is 14.7. The molecule has 0 N–H and O–H groups in total. The standard InChI is InChI=1S/C14H17N3O3/c1-15(2)14(20)16-7-8-17(13(19)9-16)12-5-3-11(10-18)4-6-12/h3-6,10H,7-9H2,1-2H3. The molecule has 0 bridgehead atoms. The number of rotatable bonds is 2. The summed E-state index contributed by atoms with van der Waals surface area (Å²) in [4.78, 5) is 39.2. The van der Waals surface area contributed by atoms with Crippen molar-refractivity contribution in [1.29, 1.82) is 0 Å².